The summed E-state index contributed by atoms with van der Waals surface area (Å²) in [5, 5.41) is 1.35. The second-order valence-corrected chi connectivity index (χ2v) is 8.13. The summed E-state index contributed by atoms with van der Waals surface area (Å²) in [7, 11) is 0. The number of nitrogen functional groups attached to an aromatic ring is 1. The zero-order valence-corrected chi connectivity index (χ0v) is 13.1. The molecule has 2 fully saturated rings. The van der Waals surface area contributed by atoms with Gasteiger partial charge in [-0.1, -0.05) is 11.6 Å². The largest absolute Gasteiger partial charge is 0.398 e. The van der Waals surface area contributed by atoms with Gasteiger partial charge < -0.3 is 10.5 Å². The van der Waals surface area contributed by atoms with Gasteiger partial charge in [-0.25, -0.2) is 0 Å². The molecule has 3 rings (SSSR count). The van der Waals surface area contributed by atoms with Gasteiger partial charge in [0.1, 0.15) is 0 Å². The minimum absolute atomic E-state index is 0.133. The zero-order valence-electron chi connectivity index (χ0n) is 10.7. The average molecular weight is 316 g/mol. The molecule has 19 heavy (non-hydrogen) atoms. The molecule has 0 saturated carbocycles. The third kappa shape index (κ3) is 3.18. The van der Waals surface area contributed by atoms with Gasteiger partial charge >= 0.3 is 0 Å². The molecule has 2 aliphatic rings. The standard InChI is InChI=1S/C14H18ClNOS2/c15-10-1-2-12(16)13(7-10)19-11-3-5-17-14(8-11)4-6-18-9-14/h1-2,7,11H,3-6,8-9,16H2. The number of rotatable bonds is 2. The van der Waals surface area contributed by atoms with Gasteiger partial charge in [-0.3, -0.25) is 0 Å². The molecule has 0 aromatic heterocycles. The number of ether oxygens (including phenoxy) is 1. The lowest BCUT2D eigenvalue weighted by Crippen LogP contribution is -2.40. The van der Waals surface area contributed by atoms with Crippen LogP contribution in [0.3, 0.4) is 0 Å². The predicted octanol–water partition coefficient (Wildman–Crippen LogP) is 4.07. The summed E-state index contributed by atoms with van der Waals surface area (Å²) >= 11 is 9.94. The fourth-order valence-electron chi connectivity index (χ4n) is 2.74. The average Bonchev–Trinajstić information content (AvgIpc) is 2.82. The predicted molar refractivity (Wildman–Crippen MR) is 85.4 cm³/mol. The first-order chi connectivity index (χ1) is 9.17. The van der Waals surface area contributed by atoms with Crippen LogP contribution < -0.4 is 5.73 Å². The van der Waals surface area contributed by atoms with Crippen molar-refractivity contribution in [3.05, 3.63) is 23.2 Å². The van der Waals surface area contributed by atoms with E-state index in [1.54, 1.807) is 0 Å². The van der Waals surface area contributed by atoms with Gasteiger partial charge in [0.05, 0.1) is 5.60 Å². The van der Waals surface area contributed by atoms with Crippen LogP contribution in [-0.4, -0.2) is 29.0 Å². The molecule has 104 valence electrons. The molecule has 5 heteroatoms. The molecule has 2 saturated heterocycles. The fraction of sp³-hybridized carbons (Fsp3) is 0.571. The van der Waals surface area contributed by atoms with Gasteiger partial charge in [0.25, 0.3) is 0 Å². The van der Waals surface area contributed by atoms with Crippen LogP contribution in [0.1, 0.15) is 19.3 Å². The lowest BCUT2D eigenvalue weighted by Gasteiger charge is -2.37. The van der Waals surface area contributed by atoms with Crippen molar-refractivity contribution in [3.63, 3.8) is 0 Å². The summed E-state index contributed by atoms with van der Waals surface area (Å²) in [6.45, 7) is 0.874. The third-order valence-corrected chi connectivity index (χ3v) is 6.59. The first-order valence-electron chi connectivity index (χ1n) is 6.60. The van der Waals surface area contributed by atoms with E-state index in [1.807, 2.05) is 41.7 Å². The van der Waals surface area contributed by atoms with Crippen LogP contribution in [0.2, 0.25) is 5.02 Å². The Hall–Kier alpha value is -0.0300. The van der Waals surface area contributed by atoms with Crippen molar-refractivity contribution >= 4 is 40.8 Å². The van der Waals surface area contributed by atoms with Crippen molar-refractivity contribution in [2.45, 2.75) is 35.0 Å². The highest BCUT2D eigenvalue weighted by Crippen LogP contribution is 2.44. The molecule has 1 aromatic carbocycles. The smallest absolute Gasteiger partial charge is 0.0791 e. The van der Waals surface area contributed by atoms with E-state index in [4.69, 9.17) is 22.1 Å². The van der Waals surface area contributed by atoms with E-state index in [0.29, 0.717) is 5.25 Å². The van der Waals surface area contributed by atoms with E-state index in [0.717, 1.165) is 40.8 Å². The van der Waals surface area contributed by atoms with Gasteiger partial charge in [-0.15, -0.1) is 11.8 Å². The molecule has 2 unspecified atom stereocenters. The fourth-order valence-corrected chi connectivity index (χ4v) is 5.71. The quantitative estimate of drug-likeness (QED) is 0.834. The van der Waals surface area contributed by atoms with Gasteiger partial charge in [-0.05, 0) is 43.2 Å². The first kappa shape index (κ1) is 13.9. The normalized spacial score (nSPS) is 30.9. The van der Waals surface area contributed by atoms with Crippen LogP contribution in [0.4, 0.5) is 5.69 Å². The maximum atomic E-state index is 6.06. The van der Waals surface area contributed by atoms with E-state index < -0.39 is 0 Å². The van der Waals surface area contributed by atoms with Crippen LogP contribution in [0.15, 0.2) is 23.1 Å². The summed E-state index contributed by atoms with van der Waals surface area (Å²) in [4.78, 5) is 1.11. The van der Waals surface area contributed by atoms with Crippen molar-refractivity contribution < 1.29 is 4.74 Å². The maximum absolute atomic E-state index is 6.06. The van der Waals surface area contributed by atoms with Crippen LogP contribution in [0.25, 0.3) is 0 Å². The van der Waals surface area contributed by atoms with Crippen molar-refractivity contribution in [2.24, 2.45) is 0 Å². The maximum Gasteiger partial charge on any atom is 0.0791 e. The topological polar surface area (TPSA) is 35.2 Å². The number of hydrogen-bond donors (Lipinski definition) is 1. The molecule has 2 atom stereocenters. The number of benzene rings is 1. The summed E-state index contributed by atoms with van der Waals surface area (Å²) in [5.41, 5.74) is 7.00. The third-order valence-electron chi connectivity index (χ3n) is 3.78. The molecular weight excluding hydrogens is 298 g/mol. The Morgan fingerprint density at radius 3 is 3.16 bits per heavy atom. The molecule has 0 aliphatic carbocycles. The molecular formula is C14H18ClNOS2. The minimum Gasteiger partial charge on any atom is -0.398 e. The summed E-state index contributed by atoms with van der Waals surface area (Å²) < 4.78 is 6.06. The van der Waals surface area contributed by atoms with Crippen LogP contribution in [-0.2, 0) is 4.74 Å². The summed E-state index contributed by atoms with van der Waals surface area (Å²) in [6, 6.07) is 5.72. The Kier molecular flexibility index (Phi) is 4.22. The molecule has 1 aromatic rings. The van der Waals surface area contributed by atoms with Crippen molar-refractivity contribution in [2.75, 3.05) is 23.8 Å². The van der Waals surface area contributed by atoms with E-state index in [9.17, 15) is 0 Å². The molecule has 2 aliphatic heterocycles. The number of anilines is 1. The molecule has 2 heterocycles. The van der Waals surface area contributed by atoms with Gasteiger partial charge in [0.2, 0.25) is 0 Å². The second-order valence-electron chi connectivity index (χ2n) is 5.25. The number of halogens is 1. The molecule has 2 nitrogen and oxygen atoms in total. The SMILES string of the molecule is Nc1ccc(Cl)cc1SC1CCOC2(CCSC2)C1. The monoisotopic (exact) mass is 315 g/mol. The zero-order chi connectivity index (χ0) is 13.3. The molecule has 2 N–H and O–H groups in total. The molecule has 0 amide bonds. The lowest BCUT2D eigenvalue weighted by atomic mass is 9.93. The Morgan fingerprint density at radius 1 is 1.47 bits per heavy atom. The number of hydrogen-bond acceptors (Lipinski definition) is 4. The Bertz CT molecular complexity index is 463. The van der Waals surface area contributed by atoms with E-state index in [-0.39, 0.29) is 5.60 Å². The lowest BCUT2D eigenvalue weighted by molar-refractivity contribution is -0.0562. The number of thioether (sulfide) groups is 2. The van der Waals surface area contributed by atoms with Crippen LogP contribution in [0.5, 0.6) is 0 Å². The highest BCUT2D eigenvalue weighted by atomic mass is 35.5. The van der Waals surface area contributed by atoms with E-state index in [2.05, 4.69) is 0 Å². The molecule has 0 radical (unpaired) electrons. The summed E-state index contributed by atoms with van der Waals surface area (Å²) in [5.74, 6) is 2.38. The second kappa shape index (κ2) is 5.76. The number of nitrogens with two attached hydrogens (primary N) is 1. The minimum atomic E-state index is 0.133. The highest BCUT2D eigenvalue weighted by Gasteiger charge is 2.40. The van der Waals surface area contributed by atoms with E-state index >= 15 is 0 Å². The summed E-state index contributed by atoms with van der Waals surface area (Å²) in [6.07, 6.45) is 3.43. The van der Waals surface area contributed by atoms with Crippen molar-refractivity contribution in [1.29, 1.82) is 0 Å². The molecule has 0 bridgehead atoms. The van der Waals surface area contributed by atoms with Crippen molar-refractivity contribution in [3.8, 4) is 0 Å². The highest BCUT2D eigenvalue weighted by molar-refractivity contribution is 8.00. The van der Waals surface area contributed by atoms with Crippen molar-refractivity contribution in [1.82, 2.24) is 0 Å². The van der Waals surface area contributed by atoms with Gasteiger partial charge in [0.15, 0.2) is 0 Å². The van der Waals surface area contributed by atoms with E-state index in [1.165, 1.54) is 12.2 Å². The van der Waals surface area contributed by atoms with Crippen LogP contribution in [0, 0.1) is 0 Å². The Morgan fingerprint density at radius 2 is 2.37 bits per heavy atom. The van der Waals surface area contributed by atoms with Crippen LogP contribution >= 0.6 is 35.1 Å². The Labute approximate surface area is 127 Å². The van der Waals surface area contributed by atoms with Gasteiger partial charge in [0, 0.05) is 33.2 Å². The van der Waals surface area contributed by atoms with Gasteiger partial charge in [-0.2, -0.15) is 11.8 Å². The molecule has 1 spiro atoms. The first-order valence-corrected chi connectivity index (χ1v) is 9.02. The Balaban J connectivity index is 1.70.